The van der Waals surface area contributed by atoms with Crippen LogP contribution in [0.1, 0.15) is 11.4 Å². The van der Waals surface area contributed by atoms with E-state index < -0.39 is 0 Å². The van der Waals surface area contributed by atoms with Crippen LogP contribution < -0.4 is 4.90 Å². The fourth-order valence-electron chi connectivity index (χ4n) is 4.10. The molecule has 0 N–H and O–H groups in total. The predicted octanol–water partition coefficient (Wildman–Crippen LogP) is 2.35. The van der Waals surface area contributed by atoms with E-state index in [-0.39, 0.29) is 5.91 Å². The van der Waals surface area contributed by atoms with Gasteiger partial charge in [0.1, 0.15) is 11.6 Å². The molecule has 1 saturated heterocycles. The molecule has 0 aliphatic carbocycles. The largest absolute Gasteiger partial charge is 0.352 e. The van der Waals surface area contributed by atoms with Crippen molar-refractivity contribution in [1.82, 2.24) is 29.2 Å². The van der Waals surface area contributed by atoms with E-state index in [0.29, 0.717) is 19.5 Å². The van der Waals surface area contributed by atoms with Crippen molar-refractivity contribution in [1.29, 1.82) is 0 Å². The van der Waals surface area contributed by atoms with E-state index in [4.69, 9.17) is 0 Å². The Labute approximate surface area is 180 Å². The Hall–Kier alpha value is -3.68. The Bertz CT molecular complexity index is 1200. The lowest BCUT2D eigenvalue weighted by Gasteiger charge is -2.35. The molecule has 1 aliphatic rings. The average molecular weight is 416 g/mol. The molecule has 1 aliphatic heterocycles. The summed E-state index contributed by atoms with van der Waals surface area (Å²) in [5.74, 6) is 1.80. The standard InChI is InChI=1S/C23H25N7O/c1-17-25-22-20(16-24-27(22)2)23(26-17)30-13-11-29(12-14-30)21(31)15-18-5-7-19(8-6-18)28-9-3-4-10-28/h3-10,16H,11-15H2,1-2H3. The van der Waals surface area contributed by atoms with E-state index in [1.165, 1.54) is 0 Å². The van der Waals surface area contributed by atoms with Crippen molar-refractivity contribution < 1.29 is 4.79 Å². The van der Waals surface area contributed by atoms with E-state index in [1.54, 1.807) is 4.68 Å². The molecule has 1 aromatic carbocycles. The van der Waals surface area contributed by atoms with Crippen LogP contribution >= 0.6 is 0 Å². The van der Waals surface area contributed by atoms with Gasteiger partial charge >= 0.3 is 0 Å². The van der Waals surface area contributed by atoms with Gasteiger partial charge in [0.05, 0.1) is 18.0 Å². The summed E-state index contributed by atoms with van der Waals surface area (Å²) >= 11 is 0. The molecule has 31 heavy (non-hydrogen) atoms. The van der Waals surface area contributed by atoms with Crippen molar-refractivity contribution in [3.8, 4) is 5.69 Å². The Kier molecular flexibility index (Phi) is 4.89. The van der Waals surface area contributed by atoms with Gasteiger partial charge in [-0.05, 0) is 36.8 Å². The maximum Gasteiger partial charge on any atom is 0.227 e. The highest BCUT2D eigenvalue weighted by atomic mass is 16.2. The normalized spacial score (nSPS) is 14.4. The van der Waals surface area contributed by atoms with Crippen molar-refractivity contribution in [3.05, 3.63) is 66.4 Å². The minimum Gasteiger partial charge on any atom is -0.352 e. The summed E-state index contributed by atoms with van der Waals surface area (Å²) in [7, 11) is 1.89. The van der Waals surface area contributed by atoms with Crippen molar-refractivity contribution in [2.45, 2.75) is 13.3 Å². The topological polar surface area (TPSA) is 72.1 Å². The molecule has 158 valence electrons. The van der Waals surface area contributed by atoms with Crippen LogP contribution in [-0.4, -0.2) is 61.3 Å². The zero-order valence-corrected chi connectivity index (χ0v) is 17.8. The maximum atomic E-state index is 12.9. The third kappa shape index (κ3) is 3.76. The number of amides is 1. The fraction of sp³-hybridized carbons (Fsp3) is 0.304. The molecule has 8 heteroatoms. The zero-order valence-electron chi connectivity index (χ0n) is 17.8. The second kappa shape index (κ2) is 7.86. The lowest BCUT2D eigenvalue weighted by atomic mass is 10.1. The van der Waals surface area contributed by atoms with E-state index in [1.807, 2.05) is 61.7 Å². The number of benzene rings is 1. The summed E-state index contributed by atoms with van der Waals surface area (Å²) in [4.78, 5) is 26.2. The molecule has 3 aromatic heterocycles. The average Bonchev–Trinajstić information content (AvgIpc) is 3.45. The lowest BCUT2D eigenvalue weighted by Crippen LogP contribution is -2.49. The third-order valence-electron chi connectivity index (χ3n) is 5.81. The van der Waals surface area contributed by atoms with E-state index >= 15 is 0 Å². The lowest BCUT2D eigenvalue weighted by molar-refractivity contribution is -0.130. The van der Waals surface area contributed by atoms with Crippen molar-refractivity contribution >= 4 is 22.8 Å². The van der Waals surface area contributed by atoms with Crippen LogP contribution in [0.15, 0.2) is 55.0 Å². The summed E-state index contributed by atoms with van der Waals surface area (Å²) in [5.41, 5.74) is 2.97. The van der Waals surface area contributed by atoms with Crippen LogP contribution in [0, 0.1) is 6.92 Å². The van der Waals surface area contributed by atoms with Gasteiger partial charge in [-0.3, -0.25) is 9.48 Å². The van der Waals surface area contributed by atoms with Gasteiger partial charge in [-0.15, -0.1) is 0 Å². The van der Waals surface area contributed by atoms with E-state index in [0.717, 1.165) is 47.0 Å². The summed E-state index contributed by atoms with van der Waals surface area (Å²) in [6.07, 6.45) is 6.26. The fourth-order valence-corrected chi connectivity index (χ4v) is 4.10. The zero-order chi connectivity index (χ0) is 21.4. The van der Waals surface area contributed by atoms with Gasteiger partial charge in [0.2, 0.25) is 5.91 Å². The minimum atomic E-state index is 0.166. The molecule has 0 saturated carbocycles. The highest BCUT2D eigenvalue weighted by Crippen LogP contribution is 2.24. The first-order valence-electron chi connectivity index (χ1n) is 10.5. The number of carbonyl (C=O) groups excluding carboxylic acids is 1. The van der Waals surface area contributed by atoms with Gasteiger partial charge in [-0.2, -0.15) is 5.10 Å². The van der Waals surface area contributed by atoms with E-state index in [2.05, 4.69) is 36.7 Å². The Morgan fingerprint density at radius 2 is 1.71 bits per heavy atom. The van der Waals surface area contributed by atoms with Gasteiger partial charge in [-0.25, -0.2) is 9.97 Å². The van der Waals surface area contributed by atoms with Crippen LogP contribution in [-0.2, 0) is 18.3 Å². The molecule has 0 atom stereocenters. The molecule has 4 aromatic rings. The van der Waals surface area contributed by atoms with Crippen LogP contribution in [0.25, 0.3) is 16.7 Å². The number of hydrogen-bond acceptors (Lipinski definition) is 5. The Balaban J connectivity index is 1.23. The number of carbonyl (C=O) groups is 1. The maximum absolute atomic E-state index is 12.9. The van der Waals surface area contributed by atoms with Gasteiger partial charge in [0.25, 0.3) is 0 Å². The van der Waals surface area contributed by atoms with Crippen LogP contribution in [0.3, 0.4) is 0 Å². The molecular formula is C23H25N7O. The number of rotatable bonds is 4. The van der Waals surface area contributed by atoms with Crippen molar-refractivity contribution in [2.24, 2.45) is 7.05 Å². The second-order valence-corrected chi connectivity index (χ2v) is 7.90. The highest BCUT2D eigenvalue weighted by molar-refractivity contribution is 5.87. The summed E-state index contributed by atoms with van der Waals surface area (Å²) in [6.45, 7) is 4.77. The number of hydrogen-bond donors (Lipinski definition) is 0. The number of aromatic nitrogens is 5. The molecule has 0 bridgehead atoms. The number of piperazine rings is 1. The summed E-state index contributed by atoms with van der Waals surface area (Å²) in [5, 5.41) is 5.28. The van der Waals surface area contributed by atoms with Gasteiger partial charge in [-0.1, -0.05) is 12.1 Å². The number of nitrogens with zero attached hydrogens (tertiary/aromatic N) is 7. The SMILES string of the molecule is Cc1nc(N2CCN(C(=O)Cc3ccc(-n4cccc4)cc3)CC2)c2cnn(C)c2n1. The minimum absolute atomic E-state index is 0.166. The first-order valence-corrected chi connectivity index (χ1v) is 10.5. The van der Waals surface area contributed by atoms with Gasteiger partial charge in [0, 0.05) is 51.3 Å². The Morgan fingerprint density at radius 1 is 1.00 bits per heavy atom. The van der Waals surface area contributed by atoms with Crippen molar-refractivity contribution in [2.75, 3.05) is 31.1 Å². The first-order chi connectivity index (χ1) is 15.1. The summed E-state index contributed by atoms with van der Waals surface area (Å²) in [6, 6.07) is 12.2. The highest BCUT2D eigenvalue weighted by Gasteiger charge is 2.24. The molecule has 0 radical (unpaired) electrons. The van der Waals surface area contributed by atoms with Crippen LogP contribution in [0.2, 0.25) is 0 Å². The molecule has 0 spiro atoms. The monoisotopic (exact) mass is 415 g/mol. The Morgan fingerprint density at radius 3 is 2.42 bits per heavy atom. The van der Waals surface area contributed by atoms with E-state index in [9.17, 15) is 4.79 Å². The number of anilines is 1. The molecule has 1 fully saturated rings. The number of fused-ring (bicyclic) bond motifs is 1. The molecular weight excluding hydrogens is 390 g/mol. The summed E-state index contributed by atoms with van der Waals surface area (Å²) < 4.78 is 3.83. The van der Waals surface area contributed by atoms with Crippen LogP contribution in [0.4, 0.5) is 5.82 Å². The van der Waals surface area contributed by atoms with Gasteiger partial charge < -0.3 is 14.4 Å². The molecule has 0 unspecified atom stereocenters. The van der Waals surface area contributed by atoms with Crippen LogP contribution in [0.5, 0.6) is 0 Å². The van der Waals surface area contributed by atoms with Crippen molar-refractivity contribution in [3.63, 3.8) is 0 Å². The second-order valence-electron chi connectivity index (χ2n) is 7.90. The van der Waals surface area contributed by atoms with Gasteiger partial charge in [0.15, 0.2) is 5.65 Å². The smallest absolute Gasteiger partial charge is 0.227 e. The number of aryl methyl sites for hydroxylation is 2. The molecule has 1 amide bonds. The first kappa shape index (κ1) is 19.3. The third-order valence-corrected chi connectivity index (χ3v) is 5.81. The molecule has 5 rings (SSSR count). The predicted molar refractivity (Wildman–Crippen MR) is 119 cm³/mol. The molecule has 8 nitrogen and oxygen atoms in total. The molecule has 4 heterocycles. The quantitative estimate of drug-likeness (QED) is 0.512.